The average molecular weight is 248 g/mol. The molecule has 18 heavy (non-hydrogen) atoms. The Morgan fingerprint density at radius 2 is 2.11 bits per heavy atom. The lowest BCUT2D eigenvalue weighted by molar-refractivity contribution is 0.427. The maximum absolute atomic E-state index is 5.79. The zero-order valence-electron chi connectivity index (χ0n) is 11.4. The summed E-state index contributed by atoms with van der Waals surface area (Å²) in [4.78, 5) is 0. The predicted octanol–water partition coefficient (Wildman–Crippen LogP) is 1.54. The molecule has 100 valence electrons. The van der Waals surface area contributed by atoms with Gasteiger partial charge in [-0.1, -0.05) is 12.8 Å². The topological polar surface area (TPSA) is 55.9 Å². The first-order valence-corrected chi connectivity index (χ1v) is 7.16. The Bertz CT molecular complexity index is 413. The van der Waals surface area contributed by atoms with Gasteiger partial charge in [-0.25, -0.2) is 0 Å². The summed E-state index contributed by atoms with van der Waals surface area (Å²) >= 11 is 0. The molecule has 1 aromatic heterocycles. The fourth-order valence-electron chi connectivity index (χ4n) is 4.03. The van der Waals surface area contributed by atoms with E-state index in [0.29, 0.717) is 6.04 Å². The number of hydrazine groups is 1. The second kappa shape index (κ2) is 4.67. The van der Waals surface area contributed by atoms with Gasteiger partial charge in [0.25, 0.3) is 0 Å². The SMILES string of the molecule is Cc1cc(CC(NN)C2C3CCCCC32)n(C)n1. The smallest absolute Gasteiger partial charge is 0.0596 e. The molecule has 0 spiro atoms. The lowest BCUT2D eigenvalue weighted by Crippen LogP contribution is -2.39. The van der Waals surface area contributed by atoms with Crippen LogP contribution >= 0.6 is 0 Å². The Balaban J connectivity index is 1.68. The van der Waals surface area contributed by atoms with Crippen LogP contribution in [0.2, 0.25) is 0 Å². The molecular formula is C14H24N4. The minimum atomic E-state index is 0.424. The molecule has 2 fully saturated rings. The minimum Gasteiger partial charge on any atom is -0.272 e. The highest BCUT2D eigenvalue weighted by molar-refractivity contribution is 5.13. The molecular weight excluding hydrogens is 224 g/mol. The monoisotopic (exact) mass is 248 g/mol. The number of hydrogen-bond donors (Lipinski definition) is 2. The third-order valence-corrected chi connectivity index (χ3v) is 4.93. The highest BCUT2D eigenvalue weighted by Gasteiger charge is 2.53. The van der Waals surface area contributed by atoms with E-state index < -0.39 is 0 Å². The number of fused-ring (bicyclic) bond motifs is 1. The van der Waals surface area contributed by atoms with Crippen molar-refractivity contribution in [2.45, 2.75) is 45.1 Å². The van der Waals surface area contributed by atoms with Gasteiger partial charge in [-0.15, -0.1) is 0 Å². The van der Waals surface area contributed by atoms with Crippen molar-refractivity contribution in [3.8, 4) is 0 Å². The van der Waals surface area contributed by atoms with Crippen LogP contribution in [-0.4, -0.2) is 15.8 Å². The number of nitrogens with one attached hydrogen (secondary N) is 1. The summed E-state index contributed by atoms with van der Waals surface area (Å²) in [5.74, 6) is 8.47. The summed E-state index contributed by atoms with van der Waals surface area (Å²) < 4.78 is 1.99. The minimum absolute atomic E-state index is 0.424. The average Bonchev–Trinajstić information content (AvgIpc) is 2.99. The first kappa shape index (κ1) is 12.2. The van der Waals surface area contributed by atoms with Crippen molar-refractivity contribution in [1.82, 2.24) is 15.2 Å². The standard InChI is InChI=1S/C14H24N4/c1-9-7-10(18(2)17-9)8-13(16-15)14-11-5-3-4-6-12(11)14/h7,11-14,16H,3-6,8,15H2,1-2H3. The maximum atomic E-state index is 5.79. The van der Waals surface area contributed by atoms with Gasteiger partial charge in [-0.3, -0.25) is 16.0 Å². The van der Waals surface area contributed by atoms with Crippen molar-refractivity contribution in [3.63, 3.8) is 0 Å². The van der Waals surface area contributed by atoms with E-state index in [-0.39, 0.29) is 0 Å². The van der Waals surface area contributed by atoms with Crippen molar-refractivity contribution in [1.29, 1.82) is 0 Å². The lowest BCUT2D eigenvalue weighted by Gasteiger charge is -2.16. The van der Waals surface area contributed by atoms with E-state index in [0.717, 1.165) is 29.9 Å². The van der Waals surface area contributed by atoms with Gasteiger partial charge in [0.1, 0.15) is 0 Å². The molecule has 3 unspecified atom stereocenters. The van der Waals surface area contributed by atoms with E-state index in [1.807, 2.05) is 18.7 Å². The fourth-order valence-corrected chi connectivity index (χ4v) is 4.03. The molecule has 0 radical (unpaired) electrons. The van der Waals surface area contributed by atoms with Gasteiger partial charge in [0.05, 0.1) is 5.69 Å². The molecule has 2 saturated carbocycles. The molecule has 0 amide bonds. The molecule has 1 heterocycles. The van der Waals surface area contributed by atoms with E-state index in [1.165, 1.54) is 31.4 Å². The zero-order chi connectivity index (χ0) is 12.7. The Morgan fingerprint density at radius 1 is 1.44 bits per heavy atom. The molecule has 0 aromatic carbocycles. The summed E-state index contributed by atoms with van der Waals surface area (Å²) in [6, 6.07) is 2.60. The van der Waals surface area contributed by atoms with Gasteiger partial charge >= 0.3 is 0 Å². The zero-order valence-corrected chi connectivity index (χ0v) is 11.4. The van der Waals surface area contributed by atoms with Gasteiger partial charge < -0.3 is 0 Å². The molecule has 0 aliphatic heterocycles. The van der Waals surface area contributed by atoms with Crippen molar-refractivity contribution in [2.24, 2.45) is 30.6 Å². The molecule has 4 heteroatoms. The van der Waals surface area contributed by atoms with E-state index in [1.54, 1.807) is 0 Å². The molecule has 2 aliphatic carbocycles. The first-order valence-electron chi connectivity index (χ1n) is 7.16. The van der Waals surface area contributed by atoms with Crippen LogP contribution in [-0.2, 0) is 13.5 Å². The fraction of sp³-hybridized carbons (Fsp3) is 0.786. The largest absolute Gasteiger partial charge is 0.272 e. The molecule has 3 rings (SSSR count). The highest BCUT2D eigenvalue weighted by Crippen LogP contribution is 2.57. The van der Waals surface area contributed by atoms with Gasteiger partial charge in [0.2, 0.25) is 0 Å². The van der Waals surface area contributed by atoms with Crippen LogP contribution in [0.3, 0.4) is 0 Å². The highest BCUT2D eigenvalue weighted by atomic mass is 15.3. The molecule has 0 bridgehead atoms. The van der Waals surface area contributed by atoms with Gasteiger partial charge in [-0.05, 0) is 43.6 Å². The summed E-state index contributed by atoms with van der Waals surface area (Å²) in [6.45, 7) is 2.05. The Hall–Kier alpha value is -0.870. The number of aryl methyl sites for hydroxylation is 2. The van der Waals surface area contributed by atoms with Crippen LogP contribution in [0, 0.1) is 24.7 Å². The van der Waals surface area contributed by atoms with Gasteiger partial charge in [0, 0.05) is 25.2 Å². The molecule has 2 aliphatic rings. The Labute approximate surface area is 109 Å². The second-order valence-electron chi connectivity index (χ2n) is 6.07. The predicted molar refractivity (Wildman–Crippen MR) is 71.7 cm³/mol. The first-order chi connectivity index (χ1) is 8.70. The van der Waals surface area contributed by atoms with Crippen molar-refractivity contribution in [2.75, 3.05) is 0 Å². The second-order valence-corrected chi connectivity index (χ2v) is 6.07. The van der Waals surface area contributed by atoms with Gasteiger partial charge in [-0.2, -0.15) is 5.10 Å². The molecule has 1 aromatic rings. The summed E-state index contributed by atoms with van der Waals surface area (Å²) in [5, 5.41) is 4.42. The van der Waals surface area contributed by atoms with Gasteiger partial charge in [0.15, 0.2) is 0 Å². The van der Waals surface area contributed by atoms with Crippen molar-refractivity contribution >= 4 is 0 Å². The van der Waals surface area contributed by atoms with E-state index in [2.05, 4.69) is 16.6 Å². The number of nitrogens with two attached hydrogens (primary N) is 1. The molecule has 3 atom stereocenters. The van der Waals surface area contributed by atoms with Crippen LogP contribution in [0.4, 0.5) is 0 Å². The molecule has 3 N–H and O–H groups in total. The lowest BCUT2D eigenvalue weighted by atomic mass is 10.0. The summed E-state index contributed by atoms with van der Waals surface area (Å²) in [7, 11) is 2.02. The normalized spacial score (nSPS) is 32.1. The Kier molecular flexibility index (Phi) is 3.16. The molecule has 0 saturated heterocycles. The number of nitrogens with zero attached hydrogens (tertiary/aromatic N) is 2. The van der Waals surface area contributed by atoms with Crippen molar-refractivity contribution in [3.05, 3.63) is 17.5 Å². The number of aromatic nitrogens is 2. The van der Waals surface area contributed by atoms with E-state index in [9.17, 15) is 0 Å². The van der Waals surface area contributed by atoms with E-state index >= 15 is 0 Å². The van der Waals surface area contributed by atoms with Crippen LogP contribution in [0.15, 0.2) is 6.07 Å². The third kappa shape index (κ3) is 2.08. The van der Waals surface area contributed by atoms with Crippen LogP contribution in [0.25, 0.3) is 0 Å². The van der Waals surface area contributed by atoms with Crippen LogP contribution < -0.4 is 11.3 Å². The van der Waals surface area contributed by atoms with Crippen molar-refractivity contribution < 1.29 is 0 Å². The maximum Gasteiger partial charge on any atom is 0.0596 e. The van der Waals surface area contributed by atoms with Crippen LogP contribution in [0.5, 0.6) is 0 Å². The summed E-state index contributed by atoms with van der Waals surface area (Å²) in [6.07, 6.45) is 6.67. The van der Waals surface area contributed by atoms with Crippen LogP contribution in [0.1, 0.15) is 37.1 Å². The third-order valence-electron chi connectivity index (χ3n) is 4.93. The Morgan fingerprint density at radius 3 is 2.61 bits per heavy atom. The molecule has 4 nitrogen and oxygen atoms in total. The summed E-state index contributed by atoms with van der Waals surface area (Å²) in [5.41, 5.74) is 5.45. The number of hydrogen-bond acceptors (Lipinski definition) is 3. The number of rotatable bonds is 4. The quantitative estimate of drug-likeness (QED) is 0.628. The van der Waals surface area contributed by atoms with E-state index in [4.69, 9.17) is 5.84 Å².